The van der Waals surface area contributed by atoms with E-state index in [0.29, 0.717) is 19.3 Å². The van der Waals surface area contributed by atoms with Crippen molar-refractivity contribution >= 4 is 17.9 Å². The Morgan fingerprint density at radius 3 is 0.953 bits per heavy atom. The first kappa shape index (κ1) is 61.4. The van der Waals surface area contributed by atoms with Gasteiger partial charge in [0.25, 0.3) is 0 Å². The van der Waals surface area contributed by atoms with Crippen LogP contribution >= 0.6 is 0 Å². The second kappa shape index (κ2) is 53.0. The predicted molar refractivity (Wildman–Crippen MR) is 275 cm³/mol. The van der Waals surface area contributed by atoms with Crippen LogP contribution in [0.4, 0.5) is 0 Å². The van der Waals surface area contributed by atoms with Crippen LogP contribution in [0.25, 0.3) is 0 Å². The second-order valence-corrected chi connectivity index (χ2v) is 18.5. The lowest BCUT2D eigenvalue weighted by atomic mass is 10.0. The minimum Gasteiger partial charge on any atom is -0.462 e. The molecule has 0 fully saturated rings. The average Bonchev–Trinajstić information content (AvgIpc) is 3.29. The average molecular weight is 897 g/mol. The van der Waals surface area contributed by atoms with E-state index in [1.807, 2.05) is 0 Å². The van der Waals surface area contributed by atoms with Gasteiger partial charge in [-0.25, -0.2) is 0 Å². The zero-order valence-electron chi connectivity index (χ0n) is 42.6. The van der Waals surface area contributed by atoms with Gasteiger partial charge in [-0.3, -0.25) is 14.4 Å². The van der Waals surface area contributed by atoms with Crippen LogP contribution < -0.4 is 0 Å². The zero-order valence-corrected chi connectivity index (χ0v) is 42.6. The number of carbonyl (C=O) groups is 3. The molecular formula is C58H104O6. The van der Waals surface area contributed by atoms with E-state index in [2.05, 4.69) is 69.4 Å². The number of unbranched alkanes of at least 4 members (excludes halogenated alkanes) is 31. The van der Waals surface area contributed by atoms with Crippen molar-refractivity contribution in [2.75, 3.05) is 13.2 Å². The lowest BCUT2D eigenvalue weighted by Crippen LogP contribution is -2.30. The molecule has 64 heavy (non-hydrogen) atoms. The largest absolute Gasteiger partial charge is 0.462 e. The smallest absolute Gasteiger partial charge is 0.306 e. The first-order valence-electron chi connectivity index (χ1n) is 27.6. The van der Waals surface area contributed by atoms with Crippen LogP contribution in [0, 0.1) is 0 Å². The van der Waals surface area contributed by atoms with Crippen LogP contribution in [0.15, 0.2) is 48.6 Å². The van der Waals surface area contributed by atoms with E-state index in [1.165, 1.54) is 161 Å². The van der Waals surface area contributed by atoms with Gasteiger partial charge in [0.2, 0.25) is 0 Å². The van der Waals surface area contributed by atoms with Gasteiger partial charge >= 0.3 is 17.9 Å². The van der Waals surface area contributed by atoms with Gasteiger partial charge in [0.15, 0.2) is 6.10 Å². The van der Waals surface area contributed by atoms with Crippen LogP contribution in [0.3, 0.4) is 0 Å². The molecule has 0 saturated heterocycles. The first-order chi connectivity index (χ1) is 31.5. The Morgan fingerprint density at radius 2 is 0.609 bits per heavy atom. The van der Waals surface area contributed by atoms with E-state index in [0.717, 1.165) is 77.0 Å². The minimum atomic E-state index is -0.790. The fraction of sp³-hybridized carbons (Fsp3) is 0.810. The first-order valence-corrected chi connectivity index (χ1v) is 27.6. The highest BCUT2D eigenvalue weighted by molar-refractivity contribution is 5.71. The summed E-state index contributed by atoms with van der Waals surface area (Å²) in [6.07, 6.45) is 63.9. The molecule has 0 N–H and O–H groups in total. The maximum atomic E-state index is 12.8. The van der Waals surface area contributed by atoms with Crippen molar-refractivity contribution in [3.8, 4) is 0 Å². The highest BCUT2D eigenvalue weighted by Gasteiger charge is 2.19. The van der Waals surface area contributed by atoms with Crippen LogP contribution in [0.5, 0.6) is 0 Å². The molecule has 0 aliphatic heterocycles. The van der Waals surface area contributed by atoms with Crippen molar-refractivity contribution in [3.05, 3.63) is 48.6 Å². The Balaban J connectivity index is 4.39. The Bertz CT molecular complexity index is 1120. The molecule has 0 bridgehead atoms. The minimum absolute atomic E-state index is 0.0857. The van der Waals surface area contributed by atoms with E-state index in [-0.39, 0.29) is 37.5 Å². The van der Waals surface area contributed by atoms with Crippen molar-refractivity contribution in [2.45, 2.75) is 290 Å². The molecule has 0 aliphatic carbocycles. The molecule has 0 saturated carbocycles. The Morgan fingerprint density at radius 1 is 0.328 bits per heavy atom. The molecule has 0 aliphatic rings. The van der Waals surface area contributed by atoms with Gasteiger partial charge in [0.05, 0.1) is 0 Å². The summed E-state index contributed by atoms with van der Waals surface area (Å²) >= 11 is 0. The highest BCUT2D eigenvalue weighted by atomic mass is 16.6. The van der Waals surface area contributed by atoms with Crippen molar-refractivity contribution in [3.63, 3.8) is 0 Å². The normalized spacial score (nSPS) is 12.4. The van der Waals surface area contributed by atoms with E-state index in [4.69, 9.17) is 14.2 Å². The van der Waals surface area contributed by atoms with Crippen LogP contribution in [0.2, 0.25) is 0 Å². The van der Waals surface area contributed by atoms with Crippen molar-refractivity contribution in [1.82, 2.24) is 0 Å². The molecule has 6 heteroatoms. The van der Waals surface area contributed by atoms with Crippen molar-refractivity contribution in [1.29, 1.82) is 0 Å². The summed E-state index contributed by atoms with van der Waals surface area (Å²) in [5, 5.41) is 0. The molecule has 0 aromatic rings. The fourth-order valence-corrected chi connectivity index (χ4v) is 7.96. The van der Waals surface area contributed by atoms with Gasteiger partial charge in [-0.1, -0.05) is 256 Å². The lowest BCUT2D eigenvalue weighted by Gasteiger charge is -2.18. The second-order valence-electron chi connectivity index (χ2n) is 18.5. The van der Waals surface area contributed by atoms with Gasteiger partial charge in [0, 0.05) is 19.3 Å². The number of allylic oxidation sites excluding steroid dienone is 8. The summed E-state index contributed by atoms with van der Waals surface area (Å²) in [6, 6.07) is 0. The molecule has 1 atom stereocenters. The third-order valence-electron chi connectivity index (χ3n) is 12.1. The molecular weight excluding hydrogens is 793 g/mol. The van der Waals surface area contributed by atoms with E-state index in [1.54, 1.807) is 0 Å². The lowest BCUT2D eigenvalue weighted by molar-refractivity contribution is -0.167. The van der Waals surface area contributed by atoms with Crippen LogP contribution in [-0.4, -0.2) is 37.2 Å². The van der Waals surface area contributed by atoms with Gasteiger partial charge in [0.1, 0.15) is 13.2 Å². The number of ether oxygens (including phenoxy) is 3. The molecule has 0 spiro atoms. The number of rotatable bonds is 50. The Hall–Kier alpha value is -2.63. The van der Waals surface area contributed by atoms with Gasteiger partial charge in [-0.15, -0.1) is 0 Å². The van der Waals surface area contributed by atoms with Gasteiger partial charge in [-0.2, -0.15) is 0 Å². The molecule has 0 aromatic carbocycles. The monoisotopic (exact) mass is 897 g/mol. The SMILES string of the molecule is CC/C=C\C/C=C\C/C=C\C/C=C\CCCCC(=O)O[C@H](COC(=O)CCCCCCCCCCCCCCCC)COC(=O)CCCCCCCCCCCCCCCCCCC. The Labute approximate surface area is 397 Å². The summed E-state index contributed by atoms with van der Waals surface area (Å²) in [4.78, 5) is 38.1. The number of hydrogen-bond acceptors (Lipinski definition) is 6. The molecule has 0 aromatic heterocycles. The van der Waals surface area contributed by atoms with Crippen molar-refractivity contribution < 1.29 is 28.6 Å². The molecule has 6 nitrogen and oxygen atoms in total. The van der Waals surface area contributed by atoms with Crippen LogP contribution in [0.1, 0.15) is 284 Å². The van der Waals surface area contributed by atoms with Crippen molar-refractivity contribution in [2.24, 2.45) is 0 Å². The molecule has 0 amide bonds. The quantitative estimate of drug-likeness (QED) is 0.0262. The highest BCUT2D eigenvalue weighted by Crippen LogP contribution is 2.16. The summed E-state index contributed by atoms with van der Waals surface area (Å²) in [6.45, 7) is 6.52. The van der Waals surface area contributed by atoms with E-state index < -0.39 is 6.10 Å². The number of esters is 3. The summed E-state index contributed by atoms with van der Waals surface area (Å²) in [5.74, 6) is -0.913. The zero-order chi connectivity index (χ0) is 46.5. The Kier molecular flexibility index (Phi) is 50.8. The third kappa shape index (κ3) is 50.4. The van der Waals surface area contributed by atoms with E-state index >= 15 is 0 Å². The third-order valence-corrected chi connectivity index (χ3v) is 12.1. The standard InChI is InChI=1S/C58H104O6/c1-4-7-10-13-16-19-22-25-28-29-31-33-36-39-42-45-48-51-57(60)63-54-55(53-62-56(59)50-47-44-41-38-35-32-27-24-21-18-15-12-9-6-3)64-58(61)52-49-46-43-40-37-34-30-26-23-20-17-14-11-8-5-2/h8,11,17,20,26,30,37,40,55H,4-7,9-10,12-16,18-19,21-25,27-29,31-36,38-39,41-54H2,1-3H3/b11-8-,20-17-,30-26-,40-37-/t55-/m1/s1. The maximum Gasteiger partial charge on any atom is 0.306 e. The molecule has 0 rings (SSSR count). The van der Waals surface area contributed by atoms with Gasteiger partial charge < -0.3 is 14.2 Å². The number of carbonyl (C=O) groups excluding carboxylic acids is 3. The van der Waals surface area contributed by atoms with E-state index in [9.17, 15) is 14.4 Å². The molecule has 372 valence electrons. The molecule has 0 heterocycles. The molecule has 0 radical (unpaired) electrons. The maximum absolute atomic E-state index is 12.8. The topological polar surface area (TPSA) is 78.9 Å². The number of hydrogen-bond donors (Lipinski definition) is 0. The summed E-state index contributed by atoms with van der Waals surface area (Å²) < 4.78 is 16.8. The fourth-order valence-electron chi connectivity index (χ4n) is 7.96. The van der Waals surface area contributed by atoms with Gasteiger partial charge in [-0.05, 0) is 57.8 Å². The predicted octanol–water partition coefficient (Wildman–Crippen LogP) is 18.3. The summed E-state index contributed by atoms with van der Waals surface area (Å²) in [5.41, 5.74) is 0. The van der Waals surface area contributed by atoms with Crippen LogP contribution in [-0.2, 0) is 28.6 Å². The summed E-state index contributed by atoms with van der Waals surface area (Å²) in [7, 11) is 0. The molecule has 0 unspecified atom stereocenters.